The fourth-order valence-corrected chi connectivity index (χ4v) is 6.05. The second kappa shape index (κ2) is 13.4. The van der Waals surface area contributed by atoms with Crippen LogP contribution in [0.5, 0.6) is 0 Å². The zero-order valence-electron chi connectivity index (χ0n) is 25.5. The van der Waals surface area contributed by atoms with Gasteiger partial charge in [0.05, 0.1) is 23.2 Å². The number of benzene rings is 2. The number of alkyl halides is 6. The number of nitrogens with zero attached hydrogens (tertiary/aromatic N) is 4. The second-order valence-electron chi connectivity index (χ2n) is 11.9. The predicted molar refractivity (Wildman–Crippen MR) is 152 cm³/mol. The number of likely N-dealkylation sites (tertiary alicyclic amines) is 1. The third-order valence-electron chi connectivity index (χ3n) is 8.81. The fraction of sp³-hybridized carbons (Fsp3) is 0.516. The maximum Gasteiger partial charge on any atom is 0.416 e. The van der Waals surface area contributed by atoms with Gasteiger partial charge in [-0.3, -0.25) is 4.79 Å². The summed E-state index contributed by atoms with van der Waals surface area (Å²) in [7, 11) is 1.27. The van der Waals surface area contributed by atoms with Crippen LogP contribution in [0.15, 0.2) is 36.4 Å². The molecule has 46 heavy (non-hydrogen) atoms. The summed E-state index contributed by atoms with van der Waals surface area (Å²) in [6.45, 7) is 3.72. The number of hydrogen-bond donors (Lipinski definition) is 1. The molecule has 15 heteroatoms. The average Bonchev–Trinajstić information content (AvgIpc) is 2.98. The normalized spacial score (nSPS) is 18.8. The Kier molecular flexibility index (Phi) is 10.1. The second-order valence-corrected chi connectivity index (χ2v) is 11.9. The van der Waals surface area contributed by atoms with Gasteiger partial charge in [-0.15, -0.1) is 0 Å². The SMILES string of the molecule is Cc1cc(F)ccc1[C@H]1CN(C(=O)N2CCC(CC(=O)O)CC2)CCN1C(=O)N(C)[C@H](C)c1cc(C(F)(F)F)cc(C(F)(F)F)c1. The van der Waals surface area contributed by atoms with Crippen LogP contribution >= 0.6 is 0 Å². The first-order valence-corrected chi connectivity index (χ1v) is 14.7. The van der Waals surface area contributed by atoms with Gasteiger partial charge in [-0.1, -0.05) is 6.07 Å². The van der Waals surface area contributed by atoms with Gasteiger partial charge in [-0.25, -0.2) is 14.0 Å². The van der Waals surface area contributed by atoms with E-state index in [1.54, 1.807) is 16.7 Å². The summed E-state index contributed by atoms with van der Waals surface area (Å²) in [6, 6.07) is 2.11. The summed E-state index contributed by atoms with van der Waals surface area (Å²) >= 11 is 0. The van der Waals surface area contributed by atoms with Crippen molar-refractivity contribution in [3.63, 3.8) is 0 Å². The van der Waals surface area contributed by atoms with E-state index in [1.807, 2.05) is 0 Å². The molecule has 2 aromatic rings. The average molecular weight is 661 g/mol. The highest BCUT2D eigenvalue weighted by Gasteiger charge is 2.40. The summed E-state index contributed by atoms with van der Waals surface area (Å²) in [4.78, 5) is 44.1. The molecule has 4 rings (SSSR count). The van der Waals surface area contributed by atoms with Crippen LogP contribution in [-0.2, 0) is 17.1 Å². The van der Waals surface area contributed by atoms with E-state index in [2.05, 4.69) is 0 Å². The highest BCUT2D eigenvalue weighted by atomic mass is 19.4. The molecule has 2 aliphatic heterocycles. The molecular formula is C31H35F7N4O4. The molecule has 8 nitrogen and oxygen atoms in total. The van der Waals surface area contributed by atoms with Crippen LogP contribution in [0.1, 0.15) is 66.1 Å². The highest BCUT2D eigenvalue weighted by Crippen LogP contribution is 2.39. The molecule has 0 spiro atoms. The van der Waals surface area contributed by atoms with E-state index in [4.69, 9.17) is 5.11 Å². The summed E-state index contributed by atoms with van der Waals surface area (Å²) < 4.78 is 95.1. The molecule has 252 valence electrons. The Morgan fingerprint density at radius 1 is 0.913 bits per heavy atom. The topological polar surface area (TPSA) is 84.4 Å². The third kappa shape index (κ3) is 7.84. The smallest absolute Gasteiger partial charge is 0.416 e. The van der Waals surface area contributed by atoms with Crippen molar-refractivity contribution in [3.8, 4) is 0 Å². The molecule has 0 aromatic heterocycles. The summed E-state index contributed by atoms with van der Waals surface area (Å²) in [6.07, 6.45) is -9.06. The quantitative estimate of drug-likeness (QED) is 0.352. The lowest BCUT2D eigenvalue weighted by atomic mass is 9.93. The number of piperazine rings is 1. The Bertz CT molecular complexity index is 1430. The number of carbonyl (C=O) groups excluding carboxylic acids is 2. The monoisotopic (exact) mass is 660 g/mol. The van der Waals surface area contributed by atoms with Crippen molar-refractivity contribution in [2.45, 2.75) is 57.5 Å². The number of halogens is 7. The van der Waals surface area contributed by atoms with E-state index < -0.39 is 53.4 Å². The Morgan fingerprint density at radius 3 is 2.02 bits per heavy atom. The van der Waals surface area contributed by atoms with Gasteiger partial charge in [-0.2, -0.15) is 26.3 Å². The van der Waals surface area contributed by atoms with Crippen molar-refractivity contribution >= 4 is 18.0 Å². The summed E-state index contributed by atoms with van der Waals surface area (Å²) in [5, 5.41) is 9.08. The zero-order valence-corrected chi connectivity index (χ0v) is 25.5. The van der Waals surface area contributed by atoms with Crippen LogP contribution in [0.2, 0.25) is 0 Å². The van der Waals surface area contributed by atoms with Crippen LogP contribution in [0, 0.1) is 18.7 Å². The van der Waals surface area contributed by atoms with Crippen molar-refractivity contribution in [3.05, 3.63) is 70.0 Å². The number of piperidine rings is 1. The highest BCUT2D eigenvalue weighted by molar-refractivity contribution is 5.78. The molecule has 0 radical (unpaired) electrons. The molecule has 0 unspecified atom stereocenters. The van der Waals surface area contributed by atoms with Crippen LogP contribution in [0.3, 0.4) is 0 Å². The molecule has 2 saturated heterocycles. The molecule has 2 atom stereocenters. The first kappa shape index (κ1) is 34.8. The summed E-state index contributed by atoms with van der Waals surface area (Å²) in [5.41, 5.74) is -2.36. The molecule has 0 saturated carbocycles. The molecule has 2 aliphatic rings. The predicted octanol–water partition coefficient (Wildman–Crippen LogP) is 6.95. The van der Waals surface area contributed by atoms with Gasteiger partial charge in [0.1, 0.15) is 5.82 Å². The maximum absolute atomic E-state index is 14.0. The number of amides is 4. The Morgan fingerprint density at radius 2 is 1.50 bits per heavy atom. The minimum absolute atomic E-state index is 0.00387. The third-order valence-corrected chi connectivity index (χ3v) is 8.81. The standard InChI is InChI=1S/C31H35F7N4O4/c1-18-12-24(32)4-5-25(18)26-17-41(29(46)40-8-6-20(7-9-40)13-27(43)44)10-11-42(26)28(45)39(3)19(2)21-14-22(30(33,34)35)16-23(15-21)31(36,37)38/h4-5,12,14-16,19-20,26H,6-11,13,17H2,1-3H3,(H,43,44)/t19-,26-/m1/s1. The maximum atomic E-state index is 14.0. The van der Waals surface area contributed by atoms with E-state index in [9.17, 15) is 45.1 Å². The van der Waals surface area contributed by atoms with Gasteiger partial charge < -0.3 is 24.7 Å². The van der Waals surface area contributed by atoms with E-state index >= 15 is 0 Å². The molecule has 0 aliphatic carbocycles. The first-order valence-electron chi connectivity index (χ1n) is 14.7. The summed E-state index contributed by atoms with van der Waals surface area (Å²) in [5.74, 6) is -1.48. The number of carbonyl (C=O) groups is 3. The minimum atomic E-state index is -5.06. The van der Waals surface area contributed by atoms with E-state index in [0.29, 0.717) is 49.2 Å². The van der Waals surface area contributed by atoms with Crippen LogP contribution in [0.4, 0.5) is 40.3 Å². The van der Waals surface area contributed by atoms with E-state index in [0.717, 1.165) is 4.90 Å². The number of aliphatic carboxylic acids is 1. The number of hydrogen-bond acceptors (Lipinski definition) is 3. The lowest BCUT2D eigenvalue weighted by Gasteiger charge is -2.45. The lowest BCUT2D eigenvalue weighted by Crippen LogP contribution is -2.58. The fourth-order valence-electron chi connectivity index (χ4n) is 6.05. The van der Waals surface area contributed by atoms with Gasteiger partial charge in [0.2, 0.25) is 0 Å². The Hall–Kier alpha value is -4.04. The van der Waals surface area contributed by atoms with Gasteiger partial charge in [0.25, 0.3) is 0 Å². The molecule has 0 bridgehead atoms. The van der Waals surface area contributed by atoms with Gasteiger partial charge in [0.15, 0.2) is 0 Å². The molecule has 2 fully saturated rings. The number of rotatable bonds is 5. The zero-order chi connectivity index (χ0) is 34.1. The Balaban J connectivity index is 1.59. The Labute approximate surface area is 261 Å². The first-order chi connectivity index (χ1) is 21.4. The van der Waals surface area contributed by atoms with Crippen molar-refractivity contribution in [1.82, 2.24) is 19.6 Å². The van der Waals surface area contributed by atoms with E-state index in [1.165, 1.54) is 37.1 Å². The number of urea groups is 2. The van der Waals surface area contributed by atoms with Gasteiger partial charge >= 0.3 is 30.4 Å². The van der Waals surface area contributed by atoms with Crippen LogP contribution in [0.25, 0.3) is 0 Å². The number of aryl methyl sites for hydroxylation is 1. The molecule has 2 heterocycles. The minimum Gasteiger partial charge on any atom is -0.481 e. The van der Waals surface area contributed by atoms with Crippen LogP contribution < -0.4 is 0 Å². The molecular weight excluding hydrogens is 625 g/mol. The number of carboxylic acids is 1. The van der Waals surface area contributed by atoms with Crippen molar-refractivity contribution < 1.29 is 50.2 Å². The van der Waals surface area contributed by atoms with Gasteiger partial charge in [-0.05, 0) is 79.6 Å². The number of carboxylic acid groups (broad SMARTS) is 1. The lowest BCUT2D eigenvalue weighted by molar-refractivity contribution is -0.143. The van der Waals surface area contributed by atoms with Crippen molar-refractivity contribution in [1.29, 1.82) is 0 Å². The van der Waals surface area contributed by atoms with Crippen LogP contribution in [-0.4, -0.2) is 82.5 Å². The molecule has 2 aromatic carbocycles. The van der Waals surface area contributed by atoms with E-state index in [-0.39, 0.29) is 49.6 Å². The van der Waals surface area contributed by atoms with Crippen molar-refractivity contribution in [2.24, 2.45) is 5.92 Å². The largest absolute Gasteiger partial charge is 0.481 e. The molecule has 1 N–H and O–H groups in total. The van der Waals surface area contributed by atoms with Crippen molar-refractivity contribution in [2.75, 3.05) is 39.8 Å². The van der Waals surface area contributed by atoms with Gasteiger partial charge in [0, 0.05) is 46.2 Å². The molecule has 4 amide bonds.